The zero-order valence-corrected chi connectivity index (χ0v) is 13.9. The van der Waals surface area contributed by atoms with E-state index in [0.29, 0.717) is 18.9 Å². The van der Waals surface area contributed by atoms with E-state index in [2.05, 4.69) is 41.9 Å². The number of para-hydroxylation sites is 2. The minimum atomic E-state index is 0.132. The molecule has 0 spiro atoms. The van der Waals surface area contributed by atoms with E-state index in [1.807, 2.05) is 13.0 Å². The summed E-state index contributed by atoms with van der Waals surface area (Å²) in [7, 11) is 0. The van der Waals surface area contributed by atoms with Gasteiger partial charge >= 0.3 is 0 Å². The van der Waals surface area contributed by atoms with Gasteiger partial charge in [0.1, 0.15) is 5.82 Å². The van der Waals surface area contributed by atoms with E-state index in [0.717, 1.165) is 37.1 Å². The predicted octanol–water partition coefficient (Wildman–Crippen LogP) is 3.54. The molecule has 1 heterocycles. The van der Waals surface area contributed by atoms with Crippen molar-refractivity contribution in [3.8, 4) is 0 Å². The number of rotatable bonds is 8. The summed E-state index contributed by atoms with van der Waals surface area (Å²) in [5.74, 6) is 1.87. The van der Waals surface area contributed by atoms with Gasteiger partial charge in [0.25, 0.3) is 0 Å². The highest BCUT2D eigenvalue weighted by atomic mass is 16.1. The highest BCUT2D eigenvalue weighted by Gasteiger charge is 2.11. The van der Waals surface area contributed by atoms with Crippen LogP contribution in [0.2, 0.25) is 0 Å². The number of carbonyl (C=O) groups is 1. The minimum Gasteiger partial charge on any atom is -0.356 e. The van der Waals surface area contributed by atoms with Crippen LogP contribution in [-0.2, 0) is 17.8 Å². The Morgan fingerprint density at radius 3 is 2.82 bits per heavy atom. The zero-order valence-electron chi connectivity index (χ0n) is 13.9. The zero-order chi connectivity index (χ0) is 15.9. The SMILES string of the molecule is CCCC(=O)NCCc1nc2ccccc2n1CCC(C)C. The first-order valence-electron chi connectivity index (χ1n) is 8.32. The largest absolute Gasteiger partial charge is 0.356 e. The third-order valence-electron chi connectivity index (χ3n) is 3.81. The summed E-state index contributed by atoms with van der Waals surface area (Å²) in [6.45, 7) is 8.14. The van der Waals surface area contributed by atoms with Gasteiger partial charge in [-0.15, -0.1) is 0 Å². The van der Waals surface area contributed by atoms with Crippen molar-refractivity contribution in [1.29, 1.82) is 0 Å². The van der Waals surface area contributed by atoms with Gasteiger partial charge in [0.15, 0.2) is 0 Å². The van der Waals surface area contributed by atoms with Gasteiger partial charge in [0.05, 0.1) is 11.0 Å². The van der Waals surface area contributed by atoms with Crippen LogP contribution in [0.1, 0.15) is 45.9 Å². The molecule has 1 aromatic carbocycles. The fourth-order valence-corrected chi connectivity index (χ4v) is 2.58. The van der Waals surface area contributed by atoms with E-state index in [4.69, 9.17) is 4.98 Å². The number of imidazole rings is 1. The van der Waals surface area contributed by atoms with E-state index in [-0.39, 0.29) is 5.91 Å². The average Bonchev–Trinajstić information content (AvgIpc) is 2.83. The van der Waals surface area contributed by atoms with E-state index < -0.39 is 0 Å². The van der Waals surface area contributed by atoms with Crippen LogP contribution in [0.15, 0.2) is 24.3 Å². The fraction of sp³-hybridized carbons (Fsp3) is 0.556. The van der Waals surface area contributed by atoms with Crippen molar-refractivity contribution < 1.29 is 4.79 Å². The third-order valence-corrected chi connectivity index (χ3v) is 3.81. The number of benzene rings is 1. The number of amides is 1. The summed E-state index contributed by atoms with van der Waals surface area (Å²) < 4.78 is 2.31. The molecule has 1 amide bonds. The van der Waals surface area contributed by atoms with Crippen molar-refractivity contribution in [2.24, 2.45) is 5.92 Å². The predicted molar refractivity (Wildman–Crippen MR) is 90.8 cm³/mol. The van der Waals surface area contributed by atoms with Gasteiger partial charge in [-0.05, 0) is 30.9 Å². The summed E-state index contributed by atoms with van der Waals surface area (Å²) in [5.41, 5.74) is 2.24. The number of nitrogens with one attached hydrogen (secondary N) is 1. The van der Waals surface area contributed by atoms with Crippen LogP contribution in [-0.4, -0.2) is 22.0 Å². The normalized spacial score (nSPS) is 11.3. The van der Waals surface area contributed by atoms with Crippen LogP contribution in [0.25, 0.3) is 11.0 Å². The van der Waals surface area contributed by atoms with Gasteiger partial charge in [-0.25, -0.2) is 4.98 Å². The van der Waals surface area contributed by atoms with Gasteiger partial charge in [0, 0.05) is 25.9 Å². The third kappa shape index (κ3) is 4.33. The van der Waals surface area contributed by atoms with Crippen LogP contribution in [0.3, 0.4) is 0 Å². The number of hydrogen-bond acceptors (Lipinski definition) is 2. The molecule has 120 valence electrons. The molecule has 4 nitrogen and oxygen atoms in total. The standard InChI is InChI=1S/C18H27N3O/c1-4-7-18(22)19-12-10-17-20-15-8-5-6-9-16(15)21(17)13-11-14(2)3/h5-6,8-9,14H,4,7,10-13H2,1-3H3,(H,19,22). The van der Waals surface area contributed by atoms with Crippen molar-refractivity contribution in [3.05, 3.63) is 30.1 Å². The molecule has 0 radical (unpaired) electrons. The summed E-state index contributed by atoms with van der Waals surface area (Å²) >= 11 is 0. The fourth-order valence-electron chi connectivity index (χ4n) is 2.58. The smallest absolute Gasteiger partial charge is 0.219 e. The van der Waals surface area contributed by atoms with Crippen LogP contribution >= 0.6 is 0 Å². The van der Waals surface area contributed by atoms with Crippen molar-refractivity contribution in [3.63, 3.8) is 0 Å². The second-order valence-corrected chi connectivity index (χ2v) is 6.20. The van der Waals surface area contributed by atoms with Gasteiger partial charge in [-0.3, -0.25) is 4.79 Å². The quantitative estimate of drug-likeness (QED) is 0.810. The first kappa shape index (κ1) is 16.5. The lowest BCUT2D eigenvalue weighted by Crippen LogP contribution is -2.26. The lowest BCUT2D eigenvalue weighted by molar-refractivity contribution is -0.121. The molecule has 0 saturated carbocycles. The Morgan fingerprint density at radius 1 is 1.32 bits per heavy atom. The molecular weight excluding hydrogens is 274 g/mol. The van der Waals surface area contributed by atoms with E-state index in [1.165, 1.54) is 5.52 Å². The molecule has 1 aromatic heterocycles. The minimum absolute atomic E-state index is 0.132. The molecule has 4 heteroatoms. The van der Waals surface area contributed by atoms with Crippen LogP contribution < -0.4 is 5.32 Å². The maximum atomic E-state index is 11.6. The van der Waals surface area contributed by atoms with Gasteiger partial charge in [-0.1, -0.05) is 32.9 Å². The Morgan fingerprint density at radius 2 is 2.09 bits per heavy atom. The highest BCUT2D eigenvalue weighted by molar-refractivity contribution is 5.76. The average molecular weight is 301 g/mol. The Hall–Kier alpha value is -1.84. The number of aryl methyl sites for hydroxylation is 1. The van der Waals surface area contributed by atoms with Crippen LogP contribution in [0, 0.1) is 5.92 Å². The van der Waals surface area contributed by atoms with Gasteiger partial charge in [0.2, 0.25) is 5.91 Å². The molecule has 22 heavy (non-hydrogen) atoms. The molecule has 0 aliphatic heterocycles. The highest BCUT2D eigenvalue weighted by Crippen LogP contribution is 2.18. The molecule has 0 aliphatic carbocycles. The molecule has 2 rings (SSSR count). The molecule has 0 atom stereocenters. The summed E-state index contributed by atoms with van der Waals surface area (Å²) in [6.07, 6.45) is 3.40. The number of fused-ring (bicyclic) bond motifs is 1. The molecule has 0 saturated heterocycles. The molecule has 0 bridgehead atoms. The van der Waals surface area contributed by atoms with Crippen molar-refractivity contribution in [2.45, 2.75) is 53.0 Å². The number of hydrogen-bond donors (Lipinski definition) is 1. The summed E-state index contributed by atoms with van der Waals surface area (Å²) in [5, 5.41) is 2.98. The molecule has 0 fully saturated rings. The number of aromatic nitrogens is 2. The topological polar surface area (TPSA) is 46.9 Å². The lowest BCUT2D eigenvalue weighted by atomic mass is 10.1. The van der Waals surface area contributed by atoms with E-state index >= 15 is 0 Å². The molecule has 0 unspecified atom stereocenters. The summed E-state index contributed by atoms with van der Waals surface area (Å²) in [6, 6.07) is 8.26. The molecule has 2 aromatic rings. The maximum absolute atomic E-state index is 11.6. The second kappa shape index (κ2) is 7.97. The number of nitrogens with zero attached hydrogens (tertiary/aromatic N) is 2. The van der Waals surface area contributed by atoms with Crippen molar-refractivity contribution >= 4 is 16.9 Å². The summed E-state index contributed by atoms with van der Waals surface area (Å²) in [4.78, 5) is 16.3. The van der Waals surface area contributed by atoms with E-state index in [1.54, 1.807) is 0 Å². The molecular formula is C18H27N3O. The van der Waals surface area contributed by atoms with E-state index in [9.17, 15) is 4.79 Å². The van der Waals surface area contributed by atoms with Crippen molar-refractivity contribution in [2.75, 3.05) is 6.54 Å². The first-order chi connectivity index (χ1) is 10.6. The van der Waals surface area contributed by atoms with Gasteiger partial charge in [-0.2, -0.15) is 0 Å². The Kier molecular flexibility index (Phi) is 5.99. The Balaban J connectivity index is 2.10. The van der Waals surface area contributed by atoms with Crippen molar-refractivity contribution in [1.82, 2.24) is 14.9 Å². The lowest BCUT2D eigenvalue weighted by Gasteiger charge is -2.11. The number of carbonyl (C=O) groups excluding carboxylic acids is 1. The Bertz CT molecular complexity index is 616. The first-order valence-corrected chi connectivity index (χ1v) is 8.32. The maximum Gasteiger partial charge on any atom is 0.219 e. The van der Waals surface area contributed by atoms with Gasteiger partial charge < -0.3 is 9.88 Å². The molecule has 0 aliphatic rings. The second-order valence-electron chi connectivity index (χ2n) is 6.20. The van der Waals surface area contributed by atoms with Crippen LogP contribution in [0.4, 0.5) is 0 Å². The Labute approximate surface area is 132 Å². The monoisotopic (exact) mass is 301 g/mol. The van der Waals surface area contributed by atoms with Crippen LogP contribution in [0.5, 0.6) is 0 Å². The molecule has 1 N–H and O–H groups in total.